The van der Waals surface area contributed by atoms with Crippen LogP contribution in [0.1, 0.15) is 31.0 Å². The van der Waals surface area contributed by atoms with E-state index >= 15 is 0 Å². The van der Waals surface area contributed by atoms with Gasteiger partial charge in [-0.3, -0.25) is 4.79 Å². The van der Waals surface area contributed by atoms with Crippen molar-refractivity contribution < 1.29 is 18.7 Å². The van der Waals surface area contributed by atoms with Crippen LogP contribution >= 0.6 is 12.2 Å². The summed E-state index contributed by atoms with van der Waals surface area (Å²) >= 11 is 5.39. The minimum Gasteiger partial charge on any atom is -0.463 e. The number of halogens is 1. The number of rotatable bonds is 6. The number of hydrogen-bond acceptors (Lipinski definition) is 4. The molecule has 2 aromatic rings. The van der Waals surface area contributed by atoms with E-state index in [-0.39, 0.29) is 24.8 Å². The Kier molecular flexibility index (Phi) is 7.02. The summed E-state index contributed by atoms with van der Waals surface area (Å²) in [6, 6.07) is 12.5. The third kappa shape index (κ3) is 5.27. The van der Waals surface area contributed by atoms with Gasteiger partial charge >= 0.3 is 5.97 Å². The summed E-state index contributed by atoms with van der Waals surface area (Å²) in [7, 11) is 1.79. The number of hydrogen-bond donors (Lipinski definition) is 2. The number of carbonyl (C=O) groups is 2. The molecule has 3 rings (SSSR count). The number of carbonyl (C=O) groups excluding carboxylic acids is 2. The molecule has 31 heavy (non-hydrogen) atoms. The van der Waals surface area contributed by atoms with Crippen LogP contribution in [0, 0.1) is 5.82 Å². The van der Waals surface area contributed by atoms with E-state index in [4.69, 9.17) is 17.0 Å². The van der Waals surface area contributed by atoms with Crippen molar-refractivity contribution in [2.24, 2.45) is 0 Å². The second kappa shape index (κ2) is 9.70. The summed E-state index contributed by atoms with van der Waals surface area (Å²) < 4.78 is 18.2. The van der Waals surface area contributed by atoms with Gasteiger partial charge < -0.3 is 20.3 Å². The summed E-state index contributed by atoms with van der Waals surface area (Å²) in [6.07, 6.45) is 0.141. The number of nitrogens with one attached hydrogen (secondary N) is 2. The molecule has 1 aliphatic rings. The van der Waals surface area contributed by atoms with Crippen molar-refractivity contribution in [3.8, 4) is 0 Å². The molecule has 0 radical (unpaired) electrons. The zero-order valence-electron chi connectivity index (χ0n) is 17.6. The van der Waals surface area contributed by atoms with E-state index in [1.54, 1.807) is 43.1 Å². The standard InChI is InChI=1S/C23H24FN3O3S/c1-4-30-22(29)20-14(2)27(3)23(31)26-21(20)16-7-11-18(12-8-16)25-19(28)13-15-5-9-17(24)10-6-15/h5-12,21H,4,13H2,1-3H3,(H,25,28)(H,26,31). The van der Waals surface area contributed by atoms with Gasteiger partial charge in [-0.25, -0.2) is 9.18 Å². The van der Waals surface area contributed by atoms with Gasteiger partial charge in [0.2, 0.25) is 5.91 Å². The Morgan fingerprint density at radius 2 is 1.81 bits per heavy atom. The number of amides is 1. The van der Waals surface area contributed by atoms with Crippen LogP contribution in [0.5, 0.6) is 0 Å². The van der Waals surface area contributed by atoms with Crippen molar-refractivity contribution in [1.29, 1.82) is 0 Å². The van der Waals surface area contributed by atoms with Crippen LogP contribution in [0.2, 0.25) is 0 Å². The van der Waals surface area contributed by atoms with Gasteiger partial charge in [-0.05, 0) is 61.5 Å². The van der Waals surface area contributed by atoms with Crippen molar-refractivity contribution in [3.63, 3.8) is 0 Å². The average Bonchev–Trinajstić information content (AvgIpc) is 2.74. The molecular formula is C23H24FN3O3S. The Labute approximate surface area is 186 Å². The molecule has 1 unspecified atom stereocenters. The minimum atomic E-state index is -0.452. The Morgan fingerprint density at radius 3 is 2.42 bits per heavy atom. The van der Waals surface area contributed by atoms with E-state index in [0.29, 0.717) is 16.4 Å². The van der Waals surface area contributed by atoms with Crippen molar-refractivity contribution in [2.75, 3.05) is 19.0 Å². The second-order valence-electron chi connectivity index (χ2n) is 7.13. The predicted octanol–water partition coefficient (Wildman–Crippen LogP) is 3.71. The molecule has 6 nitrogen and oxygen atoms in total. The lowest BCUT2D eigenvalue weighted by Crippen LogP contribution is -2.46. The highest BCUT2D eigenvalue weighted by Crippen LogP contribution is 2.31. The summed E-state index contributed by atoms with van der Waals surface area (Å²) in [5, 5.41) is 6.51. The highest BCUT2D eigenvalue weighted by atomic mass is 32.1. The minimum absolute atomic E-state index is 0.141. The number of esters is 1. The molecule has 0 fully saturated rings. The smallest absolute Gasteiger partial charge is 0.338 e. The Bertz CT molecular complexity index is 1020. The molecule has 0 bridgehead atoms. The average molecular weight is 442 g/mol. The SMILES string of the molecule is CCOC(=O)C1=C(C)N(C)C(=S)NC1c1ccc(NC(=O)Cc2ccc(F)cc2)cc1. The largest absolute Gasteiger partial charge is 0.463 e. The topological polar surface area (TPSA) is 70.7 Å². The predicted molar refractivity (Wildman–Crippen MR) is 121 cm³/mol. The first-order valence-corrected chi connectivity index (χ1v) is 10.3. The van der Waals surface area contributed by atoms with Gasteiger partial charge in [0.25, 0.3) is 0 Å². The van der Waals surface area contributed by atoms with Crippen molar-refractivity contribution in [1.82, 2.24) is 10.2 Å². The number of thiocarbonyl (C=S) groups is 1. The van der Waals surface area contributed by atoms with E-state index in [1.165, 1.54) is 12.1 Å². The number of benzene rings is 2. The van der Waals surface area contributed by atoms with Crippen LogP contribution in [-0.2, 0) is 20.7 Å². The van der Waals surface area contributed by atoms with Gasteiger partial charge in [0.1, 0.15) is 5.82 Å². The molecule has 0 aliphatic carbocycles. The van der Waals surface area contributed by atoms with Crippen LogP contribution < -0.4 is 10.6 Å². The Hall–Kier alpha value is -3.26. The van der Waals surface area contributed by atoms with Crippen LogP contribution in [0.4, 0.5) is 10.1 Å². The fourth-order valence-electron chi connectivity index (χ4n) is 3.31. The number of nitrogens with zero attached hydrogens (tertiary/aromatic N) is 1. The van der Waals surface area contributed by atoms with E-state index in [2.05, 4.69) is 10.6 Å². The van der Waals surface area contributed by atoms with Gasteiger partial charge in [0, 0.05) is 18.4 Å². The molecule has 0 saturated carbocycles. The highest BCUT2D eigenvalue weighted by Gasteiger charge is 2.33. The monoisotopic (exact) mass is 441 g/mol. The van der Waals surface area contributed by atoms with Gasteiger partial charge in [0.05, 0.1) is 24.6 Å². The van der Waals surface area contributed by atoms with Crippen molar-refractivity contribution in [3.05, 3.63) is 76.7 Å². The van der Waals surface area contributed by atoms with Crippen LogP contribution in [-0.4, -0.2) is 35.5 Å². The molecule has 0 spiro atoms. The normalized spacial score (nSPS) is 16.1. The molecule has 0 aromatic heterocycles. The number of anilines is 1. The lowest BCUT2D eigenvalue weighted by molar-refractivity contribution is -0.139. The van der Waals surface area contributed by atoms with Crippen LogP contribution in [0.25, 0.3) is 0 Å². The number of ether oxygens (including phenoxy) is 1. The molecule has 0 saturated heterocycles. The number of allylic oxidation sites excluding steroid dienone is 1. The molecule has 8 heteroatoms. The highest BCUT2D eigenvalue weighted by molar-refractivity contribution is 7.80. The summed E-state index contributed by atoms with van der Waals surface area (Å²) in [6.45, 7) is 3.86. The lowest BCUT2D eigenvalue weighted by atomic mass is 9.95. The Morgan fingerprint density at radius 1 is 1.16 bits per heavy atom. The zero-order valence-corrected chi connectivity index (χ0v) is 18.4. The maximum atomic E-state index is 13.0. The molecule has 1 amide bonds. The van der Waals surface area contributed by atoms with Gasteiger partial charge in [-0.15, -0.1) is 0 Å². The maximum Gasteiger partial charge on any atom is 0.338 e. The fourth-order valence-corrected chi connectivity index (χ4v) is 3.57. The summed E-state index contributed by atoms with van der Waals surface area (Å²) in [5.41, 5.74) is 3.37. The van der Waals surface area contributed by atoms with E-state index in [0.717, 1.165) is 16.8 Å². The first kappa shape index (κ1) is 22.4. The molecule has 2 aromatic carbocycles. The zero-order chi connectivity index (χ0) is 22.5. The van der Waals surface area contributed by atoms with E-state index < -0.39 is 12.0 Å². The van der Waals surface area contributed by atoms with Crippen molar-refractivity contribution in [2.45, 2.75) is 26.3 Å². The Balaban J connectivity index is 1.76. The van der Waals surface area contributed by atoms with Crippen molar-refractivity contribution >= 4 is 34.9 Å². The van der Waals surface area contributed by atoms with E-state index in [1.807, 2.05) is 19.1 Å². The van der Waals surface area contributed by atoms with Gasteiger partial charge in [0.15, 0.2) is 5.11 Å². The van der Waals surface area contributed by atoms with Gasteiger partial charge in [-0.1, -0.05) is 24.3 Å². The molecule has 162 valence electrons. The first-order valence-electron chi connectivity index (χ1n) is 9.86. The van der Waals surface area contributed by atoms with E-state index in [9.17, 15) is 14.0 Å². The summed E-state index contributed by atoms with van der Waals surface area (Å²) in [5.74, 6) is -0.947. The first-order chi connectivity index (χ1) is 14.8. The third-order valence-electron chi connectivity index (χ3n) is 5.06. The molecule has 1 atom stereocenters. The maximum absolute atomic E-state index is 13.0. The fraction of sp³-hybridized carbons (Fsp3) is 0.261. The molecule has 2 N–H and O–H groups in total. The molecular weight excluding hydrogens is 417 g/mol. The summed E-state index contributed by atoms with van der Waals surface area (Å²) in [4.78, 5) is 26.6. The molecule has 1 heterocycles. The lowest BCUT2D eigenvalue weighted by Gasteiger charge is -2.35. The second-order valence-corrected chi connectivity index (χ2v) is 7.52. The van der Waals surface area contributed by atoms with Crippen LogP contribution in [0.3, 0.4) is 0 Å². The third-order valence-corrected chi connectivity index (χ3v) is 5.45. The molecule has 1 aliphatic heterocycles. The van der Waals surface area contributed by atoms with Crippen LogP contribution in [0.15, 0.2) is 59.8 Å². The van der Waals surface area contributed by atoms with Gasteiger partial charge in [-0.2, -0.15) is 0 Å². The quantitative estimate of drug-likeness (QED) is 0.526.